The van der Waals surface area contributed by atoms with Crippen LogP contribution in [-0.2, 0) is 11.3 Å². The molecule has 0 aliphatic carbocycles. The molecule has 20 heavy (non-hydrogen) atoms. The summed E-state index contributed by atoms with van der Waals surface area (Å²) in [6.07, 6.45) is 1.97. The lowest BCUT2D eigenvalue weighted by Crippen LogP contribution is -2.34. The van der Waals surface area contributed by atoms with Crippen LogP contribution in [0.1, 0.15) is 32.5 Å². The SMILES string of the molecule is CCNC(c1c(Br)cnn1CCN(C)C)C(C)OCC. The summed E-state index contributed by atoms with van der Waals surface area (Å²) in [5.74, 6) is 0. The molecule has 0 spiro atoms. The van der Waals surface area contributed by atoms with Crippen LogP contribution in [0.3, 0.4) is 0 Å². The smallest absolute Gasteiger partial charge is 0.0767 e. The molecule has 0 bridgehead atoms. The third kappa shape index (κ3) is 4.84. The van der Waals surface area contributed by atoms with Gasteiger partial charge in [0.2, 0.25) is 0 Å². The van der Waals surface area contributed by atoms with Crippen LogP contribution in [0.5, 0.6) is 0 Å². The Labute approximate surface area is 130 Å². The molecule has 0 aliphatic rings. The second-order valence-corrected chi connectivity index (χ2v) is 5.95. The predicted molar refractivity (Wildman–Crippen MR) is 86.0 cm³/mol. The molecule has 1 heterocycles. The summed E-state index contributed by atoms with van der Waals surface area (Å²) in [5, 5.41) is 7.99. The lowest BCUT2D eigenvalue weighted by molar-refractivity contribution is 0.0450. The summed E-state index contributed by atoms with van der Waals surface area (Å²) in [4.78, 5) is 2.16. The van der Waals surface area contributed by atoms with Crippen molar-refractivity contribution in [2.75, 3.05) is 33.8 Å². The number of aromatic nitrogens is 2. The standard InChI is InChI=1S/C14H27BrN4O/c1-6-16-13(11(3)20-7-2)14-12(15)10-17-19(14)9-8-18(4)5/h10-11,13,16H,6-9H2,1-5H3. The van der Waals surface area contributed by atoms with Gasteiger partial charge in [-0.05, 0) is 50.4 Å². The van der Waals surface area contributed by atoms with Crippen LogP contribution in [0.4, 0.5) is 0 Å². The Morgan fingerprint density at radius 2 is 2.15 bits per heavy atom. The van der Waals surface area contributed by atoms with Crippen LogP contribution >= 0.6 is 15.9 Å². The minimum Gasteiger partial charge on any atom is -0.377 e. The Morgan fingerprint density at radius 3 is 2.70 bits per heavy atom. The van der Waals surface area contributed by atoms with Crippen LogP contribution < -0.4 is 5.32 Å². The summed E-state index contributed by atoms with van der Waals surface area (Å²) in [6.45, 7) is 9.68. The number of hydrogen-bond acceptors (Lipinski definition) is 4. The van der Waals surface area contributed by atoms with Crippen LogP contribution in [0.2, 0.25) is 0 Å². The second kappa shape index (κ2) is 8.77. The maximum Gasteiger partial charge on any atom is 0.0767 e. The van der Waals surface area contributed by atoms with Crippen molar-refractivity contribution in [2.45, 2.75) is 39.5 Å². The Kier molecular flexibility index (Phi) is 7.72. The first-order valence-electron chi connectivity index (χ1n) is 7.22. The lowest BCUT2D eigenvalue weighted by atomic mass is 10.1. The Hall–Kier alpha value is -0.430. The molecule has 0 radical (unpaired) electrons. The van der Waals surface area contributed by atoms with Gasteiger partial charge in [-0.25, -0.2) is 0 Å². The quantitative estimate of drug-likeness (QED) is 0.744. The zero-order valence-corrected chi connectivity index (χ0v) is 14.8. The summed E-state index contributed by atoms with van der Waals surface area (Å²) >= 11 is 3.62. The van der Waals surface area contributed by atoms with E-state index in [2.05, 4.69) is 63.9 Å². The molecule has 0 fully saturated rings. The summed E-state index contributed by atoms with van der Waals surface area (Å²) in [5.41, 5.74) is 1.16. The van der Waals surface area contributed by atoms with E-state index < -0.39 is 0 Å². The van der Waals surface area contributed by atoms with Gasteiger partial charge in [-0.3, -0.25) is 4.68 Å². The van der Waals surface area contributed by atoms with Crippen LogP contribution in [0.25, 0.3) is 0 Å². The molecule has 2 atom stereocenters. The highest BCUT2D eigenvalue weighted by atomic mass is 79.9. The number of ether oxygens (including phenoxy) is 1. The largest absolute Gasteiger partial charge is 0.377 e. The zero-order valence-electron chi connectivity index (χ0n) is 13.2. The van der Waals surface area contributed by atoms with Crippen molar-refractivity contribution in [2.24, 2.45) is 0 Å². The number of hydrogen-bond donors (Lipinski definition) is 1. The van der Waals surface area contributed by atoms with Crippen LogP contribution in [-0.4, -0.2) is 54.6 Å². The number of rotatable bonds is 9. The fourth-order valence-electron chi connectivity index (χ4n) is 2.22. The van der Waals surface area contributed by atoms with Crippen molar-refractivity contribution in [1.29, 1.82) is 0 Å². The zero-order chi connectivity index (χ0) is 15.1. The predicted octanol–water partition coefficient (Wildman–Crippen LogP) is 2.28. The number of halogens is 1. The normalized spacial score (nSPS) is 14.8. The summed E-state index contributed by atoms with van der Waals surface area (Å²) < 4.78 is 8.88. The Bertz CT molecular complexity index is 395. The molecule has 0 aromatic carbocycles. The van der Waals surface area contributed by atoms with Gasteiger partial charge < -0.3 is 15.0 Å². The van der Waals surface area contributed by atoms with Crippen molar-refractivity contribution in [3.63, 3.8) is 0 Å². The van der Waals surface area contributed by atoms with Gasteiger partial charge in [-0.2, -0.15) is 5.10 Å². The van der Waals surface area contributed by atoms with Crippen LogP contribution in [0.15, 0.2) is 10.7 Å². The topological polar surface area (TPSA) is 42.3 Å². The van der Waals surface area contributed by atoms with Crippen molar-refractivity contribution < 1.29 is 4.74 Å². The van der Waals surface area contributed by atoms with Crippen molar-refractivity contribution in [1.82, 2.24) is 20.0 Å². The van der Waals surface area contributed by atoms with Crippen molar-refractivity contribution >= 4 is 15.9 Å². The minimum atomic E-state index is 0.103. The van der Waals surface area contributed by atoms with Crippen molar-refractivity contribution in [3.8, 4) is 0 Å². The van der Waals surface area contributed by atoms with Gasteiger partial charge in [0.15, 0.2) is 0 Å². The highest BCUT2D eigenvalue weighted by Gasteiger charge is 2.25. The number of nitrogens with one attached hydrogen (secondary N) is 1. The van der Waals surface area contributed by atoms with E-state index in [4.69, 9.17) is 4.74 Å². The third-order valence-corrected chi connectivity index (χ3v) is 3.82. The maximum atomic E-state index is 5.78. The molecule has 2 unspecified atom stereocenters. The molecule has 1 N–H and O–H groups in total. The summed E-state index contributed by atoms with van der Waals surface area (Å²) in [7, 11) is 4.14. The molecule has 5 nitrogen and oxygen atoms in total. The monoisotopic (exact) mass is 346 g/mol. The highest BCUT2D eigenvalue weighted by Crippen LogP contribution is 2.27. The molecule has 1 aromatic rings. The first kappa shape index (κ1) is 17.6. The molecular formula is C14H27BrN4O. The van der Waals surface area contributed by atoms with E-state index >= 15 is 0 Å². The Morgan fingerprint density at radius 1 is 1.45 bits per heavy atom. The maximum absolute atomic E-state index is 5.78. The molecule has 0 aliphatic heterocycles. The molecule has 1 rings (SSSR count). The first-order valence-corrected chi connectivity index (χ1v) is 8.01. The van der Waals surface area contributed by atoms with Gasteiger partial charge in [0.05, 0.1) is 35.1 Å². The van der Waals surface area contributed by atoms with E-state index in [1.54, 1.807) is 0 Å². The second-order valence-electron chi connectivity index (χ2n) is 5.10. The molecule has 116 valence electrons. The van der Waals surface area contributed by atoms with Gasteiger partial charge in [-0.1, -0.05) is 6.92 Å². The molecule has 1 aromatic heterocycles. The Balaban J connectivity index is 2.96. The van der Waals surface area contributed by atoms with Gasteiger partial charge in [0, 0.05) is 13.2 Å². The number of likely N-dealkylation sites (N-methyl/N-ethyl adjacent to an activating group) is 2. The van der Waals surface area contributed by atoms with Gasteiger partial charge in [-0.15, -0.1) is 0 Å². The van der Waals surface area contributed by atoms with Gasteiger partial charge in [0.25, 0.3) is 0 Å². The molecule has 0 saturated carbocycles. The van der Waals surface area contributed by atoms with E-state index in [1.165, 1.54) is 0 Å². The van der Waals surface area contributed by atoms with E-state index in [9.17, 15) is 0 Å². The number of nitrogens with zero attached hydrogens (tertiary/aromatic N) is 3. The van der Waals surface area contributed by atoms with E-state index in [1.807, 2.05) is 13.1 Å². The van der Waals surface area contributed by atoms with E-state index in [0.29, 0.717) is 6.61 Å². The lowest BCUT2D eigenvalue weighted by Gasteiger charge is -2.26. The molecule has 0 amide bonds. The van der Waals surface area contributed by atoms with E-state index in [0.717, 1.165) is 29.8 Å². The first-order chi connectivity index (χ1) is 9.51. The van der Waals surface area contributed by atoms with Crippen molar-refractivity contribution in [3.05, 3.63) is 16.4 Å². The third-order valence-electron chi connectivity index (χ3n) is 3.21. The fourth-order valence-corrected chi connectivity index (χ4v) is 2.76. The van der Waals surface area contributed by atoms with Crippen LogP contribution in [0, 0.1) is 0 Å². The minimum absolute atomic E-state index is 0.103. The molecular weight excluding hydrogens is 320 g/mol. The molecule has 0 saturated heterocycles. The van der Waals surface area contributed by atoms with Gasteiger partial charge in [0.1, 0.15) is 0 Å². The average molecular weight is 347 g/mol. The fraction of sp³-hybridized carbons (Fsp3) is 0.786. The van der Waals surface area contributed by atoms with Gasteiger partial charge >= 0.3 is 0 Å². The van der Waals surface area contributed by atoms with E-state index in [-0.39, 0.29) is 12.1 Å². The highest BCUT2D eigenvalue weighted by molar-refractivity contribution is 9.10. The average Bonchev–Trinajstić information content (AvgIpc) is 2.75. The summed E-state index contributed by atoms with van der Waals surface area (Å²) in [6, 6.07) is 0.138. The molecule has 6 heteroatoms.